The average molecular weight is 326 g/mol. The maximum Gasteiger partial charge on any atom is 0.272 e. The van der Waals surface area contributed by atoms with Crippen LogP contribution >= 0.6 is 11.3 Å². The summed E-state index contributed by atoms with van der Waals surface area (Å²) in [5.41, 5.74) is 2.92. The van der Waals surface area contributed by atoms with Crippen molar-refractivity contribution in [1.82, 2.24) is 4.57 Å². The number of anilines is 1. The summed E-state index contributed by atoms with van der Waals surface area (Å²) in [5, 5.41) is 4.92. The van der Waals surface area contributed by atoms with E-state index in [0.717, 1.165) is 10.2 Å². The fraction of sp³-hybridized carbons (Fsp3) is 0.222. The van der Waals surface area contributed by atoms with Gasteiger partial charge >= 0.3 is 0 Å². The smallest absolute Gasteiger partial charge is 0.272 e. The summed E-state index contributed by atoms with van der Waals surface area (Å²) in [7, 11) is 0. The van der Waals surface area contributed by atoms with Crippen LogP contribution in [0.5, 0.6) is 0 Å². The molecule has 0 radical (unpaired) electrons. The molecule has 0 saturated carbocycles. The lowest BCUT2D eigenvalue weighted by Gasteiger charge is -2.14. The molecule has 4 nitrogen and oxygen atoms in total. The second-order valence-corrected chi connectivity index (χ2v) is 6.70. The Kier molecular flexibility index (Phi) is 4.05. The molecule has 1 aromatic carbocycles. The van der Waals surface area contributed by atoms with Crippen LogP contribution in [0.3, 0.4) is 0 Å². The molecule has 1 N–H and O–H groups in total. The number of benzene rings is 1. The first-order chi connectivity index (χ1) is 11.0. The SMILES string of the molecule is CC(=O)c1cccc(NC(=O)c2cc3sccc3n2C(C)C)c1. The topological polar surface area (TPSA) is 51.1 Å². The number of aromatic nitrogens is 1. The third-order valence-electron chi connectivity index (χ3n) is 3.74. The Morgan fingerprint density at radius 1 is 1.17 bits per heavy atom. The fourth-order valence-electron chi connectivity index (χ4n) is 2.69. The Morgan fingerprint density at radius 3 is 2.65 bits per heavy atom. The summed E-state index contributed by atoms with van der Waals surface area (Å²) in [4.78, 5) is 24.1. The van der Waals surface area contributed by atoms with E-state index in [9.17, 15) is 9.59 Å². The number of hydrogen-bond acceptors (Lipinski definition) is 3. The van der Waals surface area contributed by atoms with Gasteiger partial charge in [0.1, 0.15) is 5.69 Å². The van der Waals surface area contributed by atoms with Gasteiger partial charge in [-0.2, -0.15) is 0 Å². The summed E-state index contributed by atoms with van der Waals surface area (Å²) in [5.74, 6) is -0.185. The monoisotopic (exact) mass is 326 g/mol. The van der Waals surface area contributed by atoms with Crippen LogP contribution in [-0.4, -0.2) is 16.3 Å². The van der Waals surface area contributed by atoms with E-state index >= 15 is 0 Å². The Balaban J connectivity index is 1.95. The van der Waals surface area contributed by atoms with E-state index in [1.165, 1.54) is 6.92 Å². The van der Waals surface area contributed by atoms with Crippen molar-refractivity contribution >= 4 is 38.9 Å². The maximum atomic E-state index is 12.7. The molecule has 0 bridgehead atoms. The minimum atomic E-state index is -0.164. The number of amides is 1. The fourth-order valence-corrected chi connectivity index (χ4v) is 3.50. The zero-order chi connectivity index (χ0) is 16.6. The standard InChI is InChI=1S/C18H18N2O2S/c1-11(2)20-15-7-8-23-17(15)10-16(20)18(22)19-14-6-4-5-13(9-14)12(3)21/h4-11H,1-3H3,(H,19,22). The number of hydrogen-bond donors (Lipinski definition) is 1. The van der Waals surface area contributed by atoms with Gasteiger partial charge in [-0.05, 0) is 50.4 Å². The second-order valence-electron chi connectivity index (χ2n) is 5.75. The normalized spacial score (nSPS) is 11.1. The molecule has 0 fully saturated rings. The second kappa shape index (κ2) is 6.01. The van der Waals surface area contributed by atoms with Gasteiger partial charge in [-0.3, -0.25) is 9.59 Å². The molecule has 118 valence electrons. The van der Waals surface area contributed by atoms with Crippen LogP contribution in [0.2, 0.25) is 0 Å². The number of nitrogens with zero attached hydrogens (tertiary/aromatic N) is 1. The Morgan fingerprint density at radius 2 is 1.96 bits per heavy atom. The van der Waals surface area contributed by atoms with Crippen LogP contribution in [0.25, 0.3) is 10.2 Å². The van der Waals surface area contributed by atoms with Crippen LogP contribution in [-0.2, 0) is 0 Å². The lowest BCUT2D eigenvalue weighted by Crippen LogP contribution is -2.18. The molecule has 3 aromatic rings. The molecule has 0 aliphatic carbocycles. The number of carbonyl (C=O) groups excluding carboxylic acids is 2. The van der Waals surface area contributed by atoms with Crippen LogP contribution < -0.4 is 5.32 Å². The molecule has 0 atom stereocenters. The number of ketones is 1. The van der Waals surface area contributed by atoms with E-state index in [4.69, 9.17) is 0 Å². The Hall–Kier alpha value is -2.40. The molecule has 0 unspecified atom stereocenters. The van der Waals surface area contributed by atoms with E-state index in [2.05, 4.69) is 19.2 Å². The van der Waals surface area contributed by atoms with Crippen LogP contribution in [0, 0.1) is 0 Å². The quantitative estimate of drug-likeness (QED) is 0.704. The summed E-state index contributed by atoms with van der Waals surface area (Å²) in [6, 6.07) is 11.1. The molecule has 5 heteroatoms. The van der Waals surface area contributed by atoms with Crippen molar-refractivity contribution in [3.8, 4) is 0 Å². The molecular weight excluding hydrogens is 308 g/mol. The molecule has 0 aliphatic heterocycles. The van der Waals surface area contributed by atoms with Crippen molar-refractivity contribution < 1.29 is 9.59 Å². The van der Waals surface area contributed by atoms with Gasteiger partial charge in [0.25, 0.3) is 5.91 Å². The molecule has 1 amide bonds. The minimum absolute atomic E-state index is 0.0211. The van der Waals surface area contributed by atoms with E-state index in [1.807, 2.05) is 22.1 Å². The first-order valence-corrected chi connectivity index (χ1v) is 8.36. The predicted molar refractivity (Wildman–Crippen MR) is 94.6 cm³/mol. The highest BCUT2D eigenvalue weighted by Crippen LogP contribution is 2.29. The van der Waals surface area contributed by atoms with Crippen molar-refractivity contribution in [2.24, 2.45) is 0 Å². The minimum Gasteiger partial charge on any atom is -0.333 e. The predicted octanol–water partition coefficient (Wildman–Crippen LogP) is 4.74. The van der Waals surface area contributed by atoms with Crippen molar-refractivity contribution in [2.75, 3.05) is 5.32 Å². The van der Waals surface area contributed by atoms with Gasteiger partial charge in [0.05, 0.1) is 10.2 Å². The molecule has 0 aliphatic rings. The highest BCUT2D eigenvalue weighted by atomic mass is 32.1. The number of fused-ring (bicyclic) bond motifs is 1. The molecule has 0 spiro atoms. The lowest BCUT2D eigenvalue weighted by atomic mass is 10.1. The number of nitrogens with one attached hydrogen (secondary N) is 1. The highest BCUT2D eigenvalue weighted by Gasteiger charge is 2.18. The van der Waals surface area contributed by atoms with E-state index < -0.39 is 0 Å². The zero-order valence-electron chi connectivity index (χ0n) is 13.3. The lowest BCUT2D eigenvalue weighted by molar-refractivity contribution is 0.100. The van der Waals surface area contributed by atoms with Gasteiger partial charge in [0, 0.05) is 17.3 Å². The van der Waals surface area contributed by atoms with E-state index in [0.29, 0.717) is 16.9 Å². The average Bonchev–Trinajstić information content (AvgIpc) is 3.07. The van der Waals surface area contributed by atoms with Gasteiger partial charge < -0.3 is 9.88 Å². The van der Waals surface area contributed by atoms with Gasteiger partial charge in [0.2, 0.25) is 0 Å². The van der Waals surface area contributed by atoms with Crippen molar-refractivity contribution in [3.05, 3.63) is 53.0 Å². The largest absolute Gasteiger partial charge is 0.333 e. The van der Waals surface area contributed by atoms with E-state index in [1.54, 1.807) is 35.6 Å². The first-order valence-electron chi connectivity index (χ1n) is 7.48. The van der Waals surface area contributed by atoms with Gasteiger partial charge in [-0.15, -0.1) is 11.3 Å². The molecule has 3 rings (SSSR count). The molecule has 23 heavy (non-hydrogen) atoms. The van der Waals surface area contributed by atoms with Crippen LogP contribution in [0.15, 0.2) is 41.8 Å². The van der Waals surface area contributed by atoms with Crippen molar-refractivity contribution in [2.45, 2.75) is 26.8 Å². The van der Waals surface area contributed by atoms with Crippen LogP contribution in [0.1, 0.15) is 47.7 Å². The van der Waals surface area contributed by atoms with Gasteiger partial charge in [0.15, 0.2) is 5.78 Å². The molecule has 2 heterocycles. The number of rotatable bonds is 4. The summed E-state index contributed by atoms with van der Waals surface area (Å²) >= 11 is 1.62. The number of carbonyl (C=O) groups is 2. The summed E-state index contributed by atoms with van der Waals surface area (Å²) in [6.07, 6.45) is 0. The first kappa shape index (κ1) is 15.5. The van der Waals surface area contributed by atoms with E-state index in [-0.39, 0.29) is 17.7 Å². The Labute approximate surface area is 138 Å². The Bertz CT molecular complexity index is 889. The van der Waals surface area contributed by atoms with Crippen molar-refractivity contribution in [1.29, 1.82) is 0 Å². The van der Waals surface area contributed by atoms with Gasteiger partial charge in [-0.1, -0.05) is 12.1 Å². The zero-order valence-corrected chi connectivity index (χ0v) is 14.1. The summed E-state index contributed by atoms with van der Waals surface area (Å²) in [6.45, 7) is 5.63. The van der Waals surface area contributed by atoms with Gasteiger partial charge in [-0.25, -0.2) is 0 Å². The third kappa shape index (κ3) is 2.92. The molecule has 0 saturated heterocycles. The van der Waals surface area contributed by atoms with Crippen molar-refractivity contribution in [3.63, 3.8) is 0 Å². The maximum absolute atomic E-state index is 12.7. The number of thiophene rings is 1. The third-order valence-corrected chi connectivity index (χ3v) is 4.59. The highest BCUT2D eigenvalue weighted by molar-refractivity contribution is 7.17. The number of Topliss-reactive ketones (excluding diaryl/α,β-unsaturated/α-hetero) is 1. The molecular formula is C18H18N2O2S. The summed E-state index contributed by atoms with van der Waals surface area (Å²) < 4.78 is 3.14. The van der Waals surface area contributed by atoms with Crippen LogP contribution in [0.4, 0.5) is 5.69 Å². The molecule has 2 aromatic heterocycles.